The van der Waals surface area contributed by atoms with E-state index in [2.05, 4.69) is 5.32 Å². The van der Waals surface area contributed by atoms with E-state index in [-0.39, 0.29) is 17.9 Å². The SMILES string of the molecule is CCNC1(CC(N)=O)CCCS(=O)(=O)C1. The van der Waals surface area contributed by atoms with Gasteiger partial charge in [0.15, 0.2) is 9.84 Å². The first kappa shape index (κ1) is 12.4. The number of amides is 1. The lowest BCUT2D eigenvalue weighted by molar-refractivity contribution is -0.119. The minimum atomic E-state index is -3.03. The van der Waals surface area contributed by atoms with Crippen molar-refractivity contribution in [1.82, 2.24) is 5.32 Å². The zero-order valence-electron chi connectivity index (χ0n) is 8.95. The van der Waals surface area contributed by atoms with Crippen LogP contribution in [0, 0.1) is 0 Å². The molecule has 1 unspecified atom stereocenters. The molecule has 1 atom stereocenters. The topological polar surface area (TPSA) is 89.3 Å². The second kappa shape index (κ2) is 4.49. The predicted molar refractivity (Wildman–Crippen MR) is 58.1 cm³/mol. The Bertz CT molecular complexity index is 335. The normalized spacial score (nSPS) is 29.9. The van der Waals surface area contributed by atoms with E-state index in [1.54, 1.807) is 0 Å². The molecule has 0 radical (unpaired) electrons. The molecule has 0 saturated carbocycles. The molecule has 1 rings (SSSR count). The zero-order chi connectivity index (χ0) is 11.5. The molecule has 1 aliphatic rings. The minimum absolute atomic E-state index is 0.0246. The molecule has 0 spiro atoms. The lowest BCUT2D eigenvalue weighted by Gasteiger charge is -2.36. The van der Waals surface area contributed by atoms with Gasteiger partial charge >= 0.3 is 0 Å². The maximum atomic E-state index is 11.5. The molecule has 15 heavy (non-hydrogen) atoms. The number of primary amides is 1. The van der Waals surface area contributed by atoms with E-state index in [4.69, 9.17) is 5.73 Å². The number of sulfone groups is 1. The summed E-state index contributed by atoms with van der Waals surface area (Å²) in [5, 5.41) is 3.10. The summed E-state index contributed by atoms with van der Waals surface area (Å²) in [6.45, 7) is 2.53. The number of nitrogens with one attached hydrogen (secondary N) is 1. The second-order valence-corrected chi connectivity index (χ2v) is 6.33. The average Bonchev–Trinajstić information content (AvgIpc) is 1.99. The number of rotatable bonds is 4. The Hall–Kier alpha value is -0.620. The van der Waals surface area contributed by atoms with Crippen LogP contribution in [0.25, 0.3) is 0 Å². The van der Waals surface area contributed by atoms with E-state index in [0.29, 0.717) is 19.4 Å². The molecule has 0 aromatic carbocycles. The highest BCUT2D eigenvalue weighted by Gasteiger charge is 2.39. The minimum Gasteiger partial charge on any atom is -0.370 e. The third kappa shape index (κ3) is 3.46. The first-order chi connectivity index (χ1) is 6.89. The summed E-state index contributed by atoms with van der Waals surface area (Å²) in [5.74, 6) is -0.205. The molecular weight excluding hydrogens is 216 g/mol. The molecule has 1 aliphatic heterocycles. The number of carbonyl (C=O) groups excluding carboxylic acids is 1. The van der Waals surface area contributed by atoms with Gasteiger partial charge in [-0.1, -0.05) is 6.92 Å². The highest BCUT2D eigenvalue weighted by Crippen LogP contribution is 2.25. The van der Waals surface area contributed by atoms with Gasteiger partial charge in [-0.15, -0.1) is 0 Å². The first-order valence-corrected chi connectivity index (χ1v) is 6.95. The maximum Gasteiger partial charge on any atom is 0.219 e. The van der Waals surface area contributed by atoms with Gasteiger partial charge in [0.05, 0.1) is 11.5 Å². The Morgan fingerprint density at radius 2 is 2.20 bits per heavy atom. The highest BCUT2D eigenvalue weighted by atomic mass is 32.2. The summed E-state index contributed by atoms with van der Waals surface area (Å²) in [6.07, 6.45) is 1.39. The number of hydrogen-bond donors (Lipinski definition) is 2. The monoisotopic (exact) mass is 234 g/mol. The number of hydrogen-bond acceptors (Lipinski definition) is 4. The first-order valence-electron chi connectivity index (χ1n) is 5.13. The van der Waals surface area contributed by atoms with Gasteiger partial charge < -0.3 is 11.1 Å². The van der Waals surface area contributed by atoms with E-state index < -0.39 is 21.3 Å². The van der Waals surface area contributed by atoms with Crippen LogP contribution >= 0.6 is 0 Å². The molecule has 5 nitrogen and oxygen atoms in total. The molecule has 3 N–H and O–H groups in total. The zero-order valence-corrected chi connectivity index (χ0v) is 9.77. The lowest BCUT2D eigenvalue weighted by Crippen LogP contribution is -2.55. The van der Waals surface area contributed by atoms with Gasteiger partial charge in [-0.05, 0) is 19.4 Å². The van der Waals surface area contributed by atoms with Crippen molar-refractivity contribution in [1.29, 1.82) is 0 Å². The van der Waals surface area contributed by atoms with Gasteiger partial charge in [-0.25, -0.2) is 8.42 Å². The van der Waals surface area contributed by atoms with Crippen LogP contribution in [-0.4, -0.2) is 37.9 Å². The van der Waals surface area contributed by atoms with Crippen molar-refractivity contribution in [2.45, 2.75) is 31.7 Å². The Balaban J connectivity index is 2.84. The summed E-state index contributed by atoms with van der Waals surface area (Å²) >= 11 is 0. The van der Waals surface area contributed by atoms with Crippen LogP contribution in [0.15, 0.2) is 0 Å². The molecule has 1 heterocycles. The highest BCUT2D eigenvalue weighted by molar-refractivity contribution is 7.91. The molecule has 1 saturated heterocycles. The summed E-state index contributed by atoms with van der Waals surface area (Å²) in [6, 6.07) is 0. The molecule has 0 aromatic heterocycles. The smallest absolute Gasteiger partial charge is 0.219 e. The summed E-state index contributed by atoms with van der Waals surface area (Å²) < 4.78 is 23.1. The van der Waals surface area contributed by atoms with Gasteiger partial charge in [0.1, 0.15) is 0 Å². The fourth-order valence-electron chi connectivity index (χ4n) is 2.25. The van der Waals surface area contributed by atoms with Crippen LogP contribution in [0.1, 0.15) is 26.2 Å². The van der Waals surface area contributed by atoms with Gasteiger partial charge in [0, 0.05) is 12.0 Å². The van der Waals surface area contributed by atoms with Crippen molar-refractivity contribution in [3.63, 3.8) is 0 Å². The van der Waals surface area contributed by atoms with Crippen LogP contribution in [-0.2, 0) is 14.6 Å². The lowest BCUT2D eigenvalue weighted by atomic mass is 9.91. The van der Waals surface area contributed by atoms with Crippen LogP contribution < -0.4 is 11.1 Å². The van der Waals surface area contributed by atoms with Crippen molar-refractivity contribution in [3.05, 3.63) is 0 Å². The fourth-order valence-corrected chi connectivity index (χ4v) is 4.16. The summed E-state index contributed by atoms with van der Waals surface area (Å²) in [4.78, 5) is 10.9. The number of carbonyl (C=O) groups is 1. The van der Waals surface area contributed by atoms with Crippen LogP contribution in [0.2, 0.25) is 0 Å². The molecule has 1 amide bonds. The summed E-state index contributed by atoms with van der Waals surface area (Å²) in [5.41, 5.74) is 4.53. The van der Waals surface area contributed by atoms with Crippen LogP contribution in [0.5, 0.6) is 0 Å². The Morgan fingerprint density at radius 3 is 2.67 bits per heavy atom. The van der Waals surface area contributed by atoms with Gasteiger partial charge in [-0.2, -0.15) is 0 Å². The average molecular weight is 234 g/mol. The second-order valence-electron chi connectivity index (χ2n) is 4.15. The molecule has 1 fully saturated rings. The molecule has 6 heteroatoms. The number of nitrogens with two attached hydrogens (primary N) is 1. The fraction of sp³-hybridized carbons (Fsp3) is 0.889. The van der Waals surface area contributed by atoms with Crippen LogP contribution in [0.4, 0.5) is 0 Å². The molecule has 0 bridgehead atoms. The van der Waals surface area contributed by atoms with E-state index in [1.165, 1.54) is 0 Å². The van der Waals surface area contributed by atoms with Gasteiger partial charge in [-0.3, -0.25) is 4.79 Å². The van der Waals surface area contributed by atoms with Crippen LogP contribution in [0.3, 0.4) is 0 Å². The van der Waals surface area contributed by atoms with Crippen molar-refractivity contribution in [2.75, 3.05) is 18.1 Å². The third-order valence-corrected chi connectivity index (χ3v) is 4.57. The predicted octanol–water partition coefficient (Wildman–Crippen LogP) is -0.581. The quantitative estimate of drug-likeness (QED) is 0.681. The summed E-state index contributed by atoms with van der Waals surface area (Å²) in [7, 11) is -3.03. The van der Waals surface area contributed by atoms with E-state index in [0.717, 1.165) is 0 Å². The molecule has 88 valence electrons. The third-order valence-electron chi connectivity index (χ3n) is 2.67. The van der Waals surface area contributed by atoms with E-state index in [1.807, 2.05) is 6.92 Å². The van der Waals surface area contributed by atoms with Gasteiger partial charge in [0.2, 0.25) is 5.91 Å². The molecular formula is C9H18N2O3S. The Labute approximate surface area is 90.3 Å². The Morgan fingerprint density at radius 1 is 1.53 bits per heavy atom. The van der Waals surface area contributed by atoms with E-state index in [9.17, 15) is 13.2 Å². The molecule has 0 aliphatic carbocycles. The maximum absolute atomic E-state index is 11.5. The Kier molecular flexibility index (Phi) is 3.72. The van der Waals surface area contributed by atoms with Crippen molar-refractivity contribution in [2.24, 2.45) is 5.73 Å². The molecule has 0 aromatic rings. The van der Waals surface area contributed by atoms with Crippen molar-refractivity contribution >= 4 is 15.7 Å². The van der Waals surface area contributed by atoms with Crippen molar-refractivity contribution < 1.29 is 13.2 Å². The van der Waals surface area contributed by atoms with Gasteiger partial charge in [0.25, 0.3) is 0 Å². The standard InChI is InChI=1S/C9H18N2O3S/c1-2-11-9(6-8(10)12)4-3-5-15(13,14)7-9/h11H,2-7H2,1H3,(H2,10,12). The van der Waals surface area contributed by atoms with E-state index >= 15 is 0 Å². The van der Waals surface area contributed by atoms with Crippen molar-refractivity contribution in [3.8, 4) is 0 Å². The largest absolute Gasteiger partial charge is 0.370 e.